The molecular weight excluding hydrogens is 573 g/mol. The molecule has 1 aromatic heterocycles. The van der Waals surface area contributed by atoms with E-state index in [4.69, 9.17) is 15.0 Å². The highest BCUT2D eigenvalue weighted by atomic mass is 15.0. The molecule has 6 aromatic carbocycles. The first-order valence-corrected chi connectivity index (χ1v) is 15.8. The van der Waals surface area contributed by atoms with E-state index in [1.807, 2.05) is 60.7 Å². The molecule has 4 heteroatoms. The Morgan fingerprint density at radius 2 is 0.936 bits per heavy atom. The van der Waals surface area contributed by atoms with Crippen LogP contribution in [0.2, 0.25) is 0 Å². The molecule has 7 aromatic rings. The number of aromatic nitrogens is 3. The van der Waals surface area contributed by atoms with E-state index < -0.39 is 0 Å². The number of nitrogens with zero attached hydrogens (tertiary/aromatic N) is 4. The fourth-order valence-electron chi connectivity index (χ4n) is 6.73. The fraction of sp³-hybridized carbons (Fsp3) is 0.0698. The summed E-state index contributed by atoms with van der Waals surface area (Å²) in [5, 5.41) is 9.96. The molecule has 47 heavy (non-hydrogen) atoms. The quantitative estimate of drug-likeness (QED) is 0.197. The lowest BCUT2D eigenvalue weighted by atomic mass is 9.82. The zero-order chi connectivity index (χ0) is 32.0. The molecule has 1 heterocycles. The molecule has 1 aliphatic rings. The molecule has 0 N–H and O–H groups in total. The van der Waals surface area contributed by atoms with Crippen molar-refractivity contribution in [2.24, 2.45) is 0 Å². The van der Waals surface area contributed by atoms with Crippen molar-refractivity contribution >= 4 is 0 Å². The van der Waals surface area contributed by atoms with Gasteiger partial charge in [0, 0.05) is 27.7 Å². The lowest BCUT2D eigenvalue weighted by Crippen LogP contribution is -2.14. The van der Waals surface area contributed by atoms with E-state index in [1.165, 1.54) is 11.1 Å². The van der Waals surface area contributed by atoms with Gasteiger partial charge in [0.25, 0.3) is 0 Å². The average Bonchev–Trinajstić information content (AvgIpc) is 3.38. The topological polar surface area (TPSA) is 62.5 Å². The second kappa shape index (κ2) is 11.3. The minimum Gasteiger partial charge on any atom is -0.208 e. The third-order valence-corrected chi connectivity index (χ3v) is 9.17. The van der Waals surface area contributed by atoms with Crippen molar-refractivity contribution in [3.8, 4) is 73.6 Å². The second-order valence-corrected chi connectivity index (χ2v) is 12.4. The summed E-state index contributed by atoms with van der Waals surface area (Å²) in [6, 6.07) is 52.2. The first kappa shape index (κ1) is 28.3. The lowest BCUT2D eigenvalue weighted by molar-refractivity contribution is 0.660. The van der Waals surface area contributed by atoms with Gasteiger partial charge in [-0.25, -0.2) is 15.0 Å². The van der Waals surface area contributed by atoms with Crippen LogP contribution in [-0.2, 0) is 5.41 Å². The van der Waals surface area contributed by atoms with Crippen molar-refractivity contribution in [3.63, 3.8) is 0 Å². The minimum absolute atomic E-state index is 0.176. The summed E-state index contributed by atoms with van der Waals surface area (Å²) in [6.45, 7) is 4.47. The molecular formula is C43H30N4. The molecule has 0 spiro atoms. The lowest BCUT2D eigenvalue weighted by Gasteiger charge is -2.21. The van der Waals surface area contributed by atoms with Crippen LogP contribution in [0.4, 0.5) is 0 Å². The summed E-state index contributed by atoms with van der Waals surface area (Å²) >= 11 is 0. The third-order valence-electron chi connectivity index (χ3n) is 9.17. The van der Waals surface area contributed by atoms with Gasteiger partial charge in [-0.15, -0.1) is 0 Å². The van der Waals surface area contributed by atoms with Crippen molar-refractivity contribution < 1.29 is 0 Å². The molecule has 0 aliphatic heterocycles. The smallest absolute Gasteiger partial charge is 0.164 e. The van der Waals surface area contributed by atoms with E-state index >= 15 is 0 Å². The zero-order valence-corrected chi connectivity index (χ0v) is 26.1. The third kappa shape index (κ3) is 4.99. The van der Waals surface area contributed by atoms with Gasteiger partial charge in [-0.05, 0) is 63.2 Å². The van der Waals surface area contributed by atoms with E-state index in [0.717, 1.165) is 50.1 Å². The number of fused-ring (bicyclic) bond motifs is 3. The van der Waals surface area contributed by atoms with Gasteiger partial charge in [-0.1, -0.05) is 135 Å². The molecule has 0 atom stereocenters. The van der Waals surface area contributed by atoms with Gasteiger partial charge in [0.1, 0.15) is 0 Å². The highest BCUT2D eigenvalue weighted by Crippen LogP contribution is 2.50. The Balaban J connectivity index is 1.25. The molecule has 4 nitrogen and oxygen atoms in total. The Kier molecular flexibility index (Phi) is 6.82. The van der Waals surface area contributed by atoms with Gasteiger partial charge in [0.05, 0.1) is 11.6 Å². The first-order valence-electron chi connectivity index (χ1n) is 15.8. The predicted molar refractivity (Wildman–Crippen MR) is 189 cm³/mol. The summed E-state index contributed by atoms with van der Waals surface area (Å²) in [5.74, 6) is 1.86. The van der Waals surface area contributed by atoms with Crippen LogP contribution in [0, 0.1) is 11.3 Å². The van der Waals surface area contributed by atoms with Crippen molar-refractivity contribution in [1.29, 1.82) is 5.26 Å². The predicted octanol–water partition coefficient (Wildman–Crippen LogP) is 10.4. The Morgan fingerprint density at radius 3 is 1.55 bits per heavy atom. The Bertz CT molecular complexity index is 2330. The molecule has 1 aliphatic carbocycles. The van der Waals surface area contributed by atoms with E-state index in [1.54, 1.807) is 0 Å². The highest BCUT2D eigenvalue weighted by molar-refractivity contribution is 5.88. The van der Waals surface area contributed by atoms with Crippen molar-refractivity contribution in [2.45, 2.75) is 19.3 Å². The van der Waals surface area contributed by atoms with Crippen LogP contribution in [0.3, 0.4) is 0 Å². The maximum atomic E-state index is 9.96. The van der Waals surface area contributed by atoms with E-state index in [0.29, 0.717) is 23.0 Å². The maximum absolute atomic E-state index is 9.96. The first-order chi connectivity index (χ1) is 23.0. The van der Waals surface area contributed by atoms with Crippen LogP contribution in [-0.4, -0.2) is 15.0 Å². The molecule has 0 unspecified atom stereocenters. The SMILES string of the molecule is CC1(C)c2ccc(-c3cccc(-c4nc(-c5ccccc5)nc(-c5cccc(-c6ccccc6)c5)n4)c3)cc2-c2c(C#N)cccc21. The van der Waals surface area contributed by atoms with Crippen molar-refractivity contribution in [2.75, 3.05) is 0 Å². The second-order valence-electron chi connectivity index (χ2n) is 12.4. The van der Waals surface area contributed by atoms with Crippen LogP contribution < -0.4 is 0 Å². The van der Waals surface area contributed by atoms with Gasteiger partial charge in [0.15, 0.2) is 17.5 Å². The minimum atomic E-state index is -0.176. The van der Waals surface area contributed by atoms with Gasteiger partial charge in [-0.3, -0.25) is 0 Å². The van der Waals surface area contributed by atoms with Crippen LogP contribution >= 0.6 is 0 Å². The monoisotopic (exact) mass is 602 g/mol. The Labute approximate surface area is 274 Å². The van der Waals surface area contributed by atoms with E-state index in [-0.39, 0.29) is 5.41 Å². The summed E-state index contributed by atoms with van der Waals surface area (Å²) < 4.78 is 0. The summed E-state index contributed by atoms with van der Waals surface area (Å²) in [7, 11) is 0. The Morgan fingerprint density at radius 1 is 0.447 bits per heavy atom. The molecule has 0 saturated carbocycles. The summed E-state index contributed by atoms with van der Waals surface area (Å²) in [5.41, 5.74) is 12.3. The van der Waals surface area contributed by atoms with Gasteiger partial charge < -0.3 is 0 Å². The normalized spacial score (nSPS) is 12.6. The van der Waals surface area contributed by atoms with Crippen molar-refractivity contribution in [1.82, 2.24) is 15.0 Å². The summed E-state index contributed by atoms with van der Waals surface area (Å²) in [6.07, 6.45) is 0. The molecule has 0 bridgehead atoms. The molecule has 0 fully saturated rings. The fourth-order valence-corrected chi connectivity index (χ4v) is 6.73. The van der Waals surface area contributed by atoms with Crippen LogP contribution in [0.5, 0.6) is 0 Å². The average molecular weight is 603 g/mol. The Hall–Kier alpha value is -6.18. The largest absolute Gasteiger partial charge is 0.208 e. The number of rotatable bonds is 5. The standard InChI is InChI=1S/C43H30N4/c1-43(2)37-23-22-32(26-36(37)39-35(27-44)20-11-21-38(39)43)31-17-10-19-34(25-31)42-46-40(29-14-7-4-8-15-29)45-41(47-42)33-18-9-16-30(24-33)28-12-5-3-6-13-28/h3-26H,1-2H3. The van der Waals surface area contributed by atoms with Gasteiger partial charge >= 0.3 is 0 Å². The van der Waals surface area contributed by atoms with Crippen LogP contribution in [0.15, 0.2) is 146 Å². The molecule has 0 saturated heterocycles. The molecule has 0 amide bonds. The van der Waals surface area contributed by atoms with Crippen LogP contribution in [0.25, 0.3) is 67.5 Å². The number of nitriles is 1. The molecule has 8 rings (SSSR count). The number of benzene rings is 6. The van der Waals surface area contributed by atoms with Gasteiger partial charge in [-0.2, -0.15) is 5.26 Å². The zero-order valence-electron chi connectivity index (χ0n) is 26.1. The maximum Gasteiger partial charge on any atom is 0.164 e. The van der Waals surface area contributed by atoms with Gasteiger partial charge in [0.2, 0.25) is 0 Å². The molecule has 222 valence electrons. The highest BCUT2D eigenvalue weighted by Gasteiger charge is 2.36. The van der Waals surface area contributed by atoms with E-state index in [2.05, 4.69) is 105 Å². The summed E-state index contributed by atoms with van der Waals surface area (Å²) in [4.78, 5) is 15.0. The van der Waals surface area contributed by atoms with E-state index in [9.17, 15) is 5.26 Å². The number of hydrogen-bond donors (Lipinski definition) is 0. The molecule has 0 radical (unpaired) electrons. The van der Waals surface area contributed by atoms with Crippen molar-refractivity contribution in [3.05, 3.63) is 162 Å². The number of hydrogen-bond acceptors (Lipinski definition) is 4. The van der Waals surface area contributed by atoms with Crippen LogP contribution in [0.1, 0.15) is 30.5 Å².